The maximum absolute atomic E-state index is 11.8. The number of fused-ring (bicyclic) bond motifs is 1. The molecule has 0 aliphatic rings. The van der Waals surface area contributed by atoms with Crippen molar-refractivity contribution in [2.75, 3.05) is 0 Å². The lowest BCUT2D eigenvalue weighted by atomic mass is 10.2. The molecule has 0 radical (unpaired) electrons. The molecule has 6 nitrogen and oxygen atoms in total. The van der Waals surface area contributed by atoms with Gasteiger partial charge in [0.2, 0.25) is 0 Å². The number of H-pyrrole nitrogens is 1. The maximum Gasteiger partial charge on any atom is 0.328 e. The van der Waals surface area contributed by atoms with Gasteiger partial charge in [-0.1, -0.05) is 0 Å². The molecule has 2 aromatic rings. The van der Waals surface area contributed by atoms with Crippen LogP contribution < -0.4 is 11.2 Å². The molecule has 0 fully saturated rings. The van der Waals surface area contributed by atoms with Gasteiger partial charge in [0.05, 0.1) is 23.2 Å². The van der Waals surface area contributed by atoms with E-state index >= 15 is 0 Å². The summed E-state index contributed by atoms with van der Waals surface area (Å²) in [7, 11) is 0. The minimum atomic E-state index is -0.449. The Balaban J connectivity index is 2.87. The van der Waals surface area contributed by atoms with Crippen molar-refractivity contribution in [3.05, 3.63) is 38.8 Å². The van der Waals surface area contributed by atoms with Gasteiger partial charge in [0.25, 0.3) is 5.56 Å². The van der Waals surface area contributed by atoms with Crippen molar-refractivity contribution in [2.45, 2.75) is 20.1 Å². The molecular formula is C10H11N3O3. The van der Waals surface area contributed by atoms with Crippen LogP contribution in [0.25, 0.3) is 10.9 Å². The van der Waals surface area contributed by atoms with Gasteiger partial charge in [0, 0.05) is 12.7 Å². The third-order valence-electron chi connectivity index (χ3n) is 2.40. The Morgan fingerprint density at radius 1 is 1.50 bits per heavy atom. The molecule has 0 aliphatic carbocycles. The number of aliphatic hydroxyl groups is 1. The third-order valence-corrected chi connectivity index (χ3v) is 2.40. The average Bonchev–Trinajstić information content (AvgIpc) is 2.28. The van der Waals surface area contributed by atoms with E-state index in [1.54, 1.807) is 6.92 Å². The van der Waals surface area contributed by atoms with Crippen molar-refractivity contribution in [3.8, 4) is 0 Å². The Bertz CT molecular complexity index is 642. The Morgan fingerprint density at radius 3 is 2.88 bits per heavy atom. The fourth-order valence-corrected chi connectivity index (χ4v) is 1.57. The number of hydrogen-bond donors (Lipinski definition) is 2. The van der Waals surface area contributed by atoms with Crippen molar-refractivity contribution in [1.29, 1.82) is 0 Å². The maximum atomic E-state index is 11.8. The minimum absolute atomic E-state index is 0.227. The van der Waals surface area contributed by atoms with Crippen LogP contribution in [0, 0.1) is 0 Å². The number of aliphatic hydroxyl groups excluding tert-OH is 1. The van der Waals surface area contributed by atoms with Gasteiger partial charge in [-0.3, -0.25) is 14.3 Å². The standard InChI is InChI=1S/C10H11N3O3/c1-2-13-9(15)7-4-11-6(5-14)3-8(7)12-10(13)16/h3-4,14H,2,5H2,1H3,(H,12,16). The van der Waals surface area contributed by atoms with E-state index in [1.807, 2.05) is 0 Å². The topological polar surface area (TPSA) is 88.0 Å². The summed E-state index contributed by atoms with van der Waals surface area (Å²) in [5.41, 5.74) is 0.00359. The van der Waals surface area contributed by atoms with E-state index < -0.39 is 5.69 Å². The molecule has 0 aliphatic heterocycles. The van der Waals surface area contributed by atoms with Crippen molar-refractivity contribution in [1.82, 2.24) is 14.5 Å². The summed E-state index contributed by atoms with van der Waals surface area (Å²) in [6.07, 6.45) is 1.37. The van der Waals surface area contributed by atoms with Crippen molar-refractivity contribution < 1.29 is 5.11 Å². The van der Waals surface area contributed by atoms with Gasteiger partial charge in [-0.15, -0.1) is 0 Å². The van der Waals surface area contributed by atoms with Gasteiger partial charge < -0.3 is 10.1 Å². The number of pyridine rings is 1. The molecule has 0 spiro atoms. The first-order valence-corrected chi connectivity index (χ1v) is 4.90. The second-order valence-corrected chi connectivity index (χ2v) is 3.36. The minimum Gasteiger partial charge on any atom is -0.390 e. The Hall–Kier alpha value is -1.95. The zero-order valence-electron chi connectivity index (χ0n) is 8.73. The van der Waals surface area contributed by atoms with E-state index in [4.69, 9.17) is 5.11 Å². The van der Waals surface area contributed by atoms with E-state index in [9.17, 15) is 9.59 Å². The quantitative estimate of drug-likeness (QED) is 0.722. The molecule has 0 saturated heterocycles. The summed E-state index contributed by atoms with van der Waals surface area (Å²) in [6, 6.07) is 1.50. The first kappa shape index (κ1) is 10.6. The summed E-state index contributed by atoms with van der Waals surface area (Å²) in [6.45, 7) is 1.80. The molecule has 2 aromatic heterocycles. The summed E-state index contributed by atoms with van der Waals surface area (Å²) in [5, 5.41) is 9.24. The van der Waals surface area contributed by atoms with E-state index in [-0.39, 0.29) is 12.2 Å². The van der Waals surface area contributed by atoms with Crippen LogP contribution in [-0.2, 0) is 13.2 Å². The number of aromatic amines is 1. The lowest BCUT2D eigenvalue weighted by molar-refractivity contribution is 0.277. The van der Waals surface area contributed by atoms with Crippen molar-refractivity contribution in [2.24, 2.45) is 0 Å². The predicted molar refractivity (Wildman–Crippen MR) is 58.2 cm³/mol. The van der Waals surface area contributed by atoms with E-state index in [2.05, 4.69) is 9.97 Å². The fourth-order valence-electron chi connectivity index (χ4n) is 1.57. The zero-order chi connectivity index (χ0) is 11.7. The molecule has 0 atom stereocenters. The van der Waals surface area contributed by atoms with Crippen LogP contribution >= 0.6 is 0 Å². The Morgan fingerprint density at radius 2 is 2.25 bits per heavy atom. The van der Waals surface area contributed by atoms with Crippen LogP contribution in [0.1, 0.15) is 12.6 Å². The first-order valence-electron chi connectivity index (χ1n) is 4.90. The largest absolute Gasteiger partial charge is 0.390 e. The summed E-state index contributed by atoms with van der Waals surface area (Å²) >= 11 is 0. The number of nitrogens with one attached hydrogen (secondary N) is 1. The van der Waals surface area contributed by atoms with Gasteiger partial charge in [0.15, 0.2) is 0 Å². The highest BCUT2D eigenvalue weighted by molar-refractivity contribution is 5.76. The van der Waals surface area contributed by atoms with Crippen molar-refractivity contribution in [3.63, 3.8) is 0 Å². The number of aromatic nitrogens is 3. The second kappa shape index (κ2) is 3.90. The third kappa shape index (κ3) is 1.53. The number of rotatable bonds is 2. The smallest absolute Gasteiger partial charge is 0.328 e. The molecule has 0 bridgehead atoms. The molecule has 2 rings (SSSR count). The molecule has 2 N–H and O–H groups in total. The fraction of sp³-hybridized carbons (Fsp3) is 0.300. The highest BCUT2D eigenvalue weighted by Crippen LogP contribution is 2.05. The molecule has 0 aromatic carbocycles. The van der Waals surface area contributed by atoms with Crippen LogP contribution in [0.4, 0.5) is 0 Å². The molecule has 16 heavy (non-hydrogen) atoms. The van der Waals surface area contributed by atoms with Crippen LogP contribution in [0.15, 0.2) is 21.9 Å². The molecule has 0 amide bonds. The van der Waals surface area contributed by atoms with Gasteiger partial charge in [-0.2, -0.15) is 0 Å². The summed E-state index contributed by atoms with van der Waals surface area (Å²) in [4.78, 5) is 29.8. The SMILES string of the molecule is CCn1c(=O)[nH]c2cc(CO)ncc2c1=O. The molecular weight excluding hydrogens is 210 g/mol. The molecule has 0 unspecified atom stereocenters. The van der Waals surface area contributed by atoms with Crippen LogP contribution in [0.3, 0.4) is 0 Å². The Kier molecular flexibility index (Phi) is 2.57. The van der Waals surface area contributed by atoms with E-state index in [1.165, 1.54) is 12.3 Å². The molecule has 6 heteroatoms. The average molecular weight is 221 g/mol. The zero-order valence-corrected chi connectivity index (χ0v) is 8.73. The Labute approximate surface area is 90.2 Å². The van der Waals surface area contributed by atoms with Gasteiger partial charge >= 0.3 is 5.69 Å². The monoisotopic (exact) mass is 221 g/mol. The van der Waals surface area contributed by atoms with Gasteiger partial charge in [-0.05, 0) is 13.0 Å². The number of hydrogen-bond acceptors (Lipinski definition) is 4. The lowest BCUT2D eigenvalue weighted by Crippen LogP contribution is -2.34. The summed E-state index contributed by atoms with van der Waals surface area (Å²) in [5.74, 6) is 0. The molecule has 84 valence electrons. The van der Waals surface area contributed by atoms with Crippen molar-refractivity contribution >= 4 is 10.9 Å². The van der Waals surface area contributed by atoms with E-state index in [0.717, 1.165) is 4.57 Å². The van der Waals surface area contributed by atoms with Crippen LogP contribution in [-0.4, -0.2) is 19.6 Å². The van der Waals surface area contributed by atoms with Crippen LogP contribution in [0.2, 0.25) is 0 Å². The normalized spacial score (nSPS) is 10.9. The van der Waals surface area contributed by atoms with Crippen LogP contribution in [0.5, 0.6) is 0 Å². The predicted octanol–water partition coefficient (Wildman–Crippen LogP) is -0.403. The molecule has 2 heterocycles. The van der Waals surface area contributed by atoms with Gasteiger partial charge in [-0.25, -0.2) is 4.79 Å². The van der Waals surface area contributed by atoms with E-state index in [0.29, 0.717) is 23.1 Å². The number of nitrogens with zero attached hydrogens (tertiary/aromatic N) is 2. The molecule has 0 saturated carbocycles. The van der Waals surface area contributed by atoms with Gasteiger partial charge in [0.1, 0.15) is 0 Å². The second-order valence-electron chi connectivity index (χ2n) is 3.36. The highest BCUT2D eigenvalue weighted by Gasteiger charge is 2.06. The summed E-state index contributed by atoms with van der Waals surface area (Å²) < 4.78 is 1.10. The first-order chi connectivity index (χ1) is 7.67. The lowest BCUT2D eigenvalue weighted by Gasteiger charge is -2.03. The highest BCUT2D eigenvalue weighted by atomic mass is 16.3.